The van der Waals surface area contributed by atoms with E-state index in [-0.39, 0.29) is 11.9 Å². The highest BCUT2D eigenvalue weighted by Gasteiger charge is 2.05. The zero-order chi connectivity index (χ0) is 22.1. The highest BCUT2D eigenvalue weighted by Crippen LogP contribution is 2.15. The van der Waals surface area contributed by atoms with Gasteiger partial charge in [0.15, 0.2) is 0 Å². The second-order valence-corrected chi connectivity index (χ2v) is 6.47. The molecule has 7 nitrogen and oxygen atoms in total. The molecule has 0 bridgehead atoms. The second-order valence-electron chi connectivity index (χ2n) is 6.47. The van der Waals surface area contributed by atoms with Gasteiger partial charge in [0.2, 0.25) is 0 Å². The summed E-state index contributed by atoms with van der Waals surface area (Å²) in [6, 6.07) is 21.1. The predicted octanol–water partition coefficient (Wildman–Crippen LogP) is 3.82. The lowest BCUT2D eigenvalue weighted by molar-refractivity contribution is 0.0600. The van der Waals surface area contributed by atoms with E-state index >= 15 is 0 Å². The molecule has 0 heterocycles. The smallest absolute Gasteiger partial charge is 0.337 e. The maximum atomic E-state index is 12.1. The summed E-state index contributed by atoms with van der Waals surface area (Å²) in [7, 11) is 2.92. The third-order valence-electron chi connectivity index (χ3n) is 4.39. The monoisotopic (exact) mass is 418 g/mol. The van der Waals surface area contributed by atoms with Gasteiger partial charge in [-0.2, -0.15) is 5.10 Å². The van der Waals surface area contributed by atoms with Crippen molar-refractivity contribution in [2.45, 2.75) is 6.61 Å². The molecule has 0 atom stereocenters. The SMILES string of the molecule is COC(=O)c1ccc(COc2ccc(/C=N\NC(=O)c3ccc(OC)cc3)cc2)cc1. The van der Waals surface area contributed by atoms with Gasteiger partial charge in [-0.15, -0.1) is 0 Å². The Labute approximate surface area is 180 Å². The number of nitrogens with one attached hydrogen (secondary N) is 1. The lowest BCUT2D eigenvalue weighted by Gasteiger charge is -2.07. The molecule has 1 N–H and O–H groups in total. The molecule has 0 saturated carbocycles. The number of amides is 1. The molecule has 7 heteroatoms. The molecule has 0 aliphatic rings. The maximum Gasteiger partial charge on any atom is 0.337 e. The van der Waals surface area contributed by atoms with Gasteiger partial charge >= 0.3 is 5.97 Å². The molecule has 3 aromatic carbocycles. The number of hydrogen-bond donors (Lipinski definition) is 1. The van der Waals surface area contributed by atoms with Crippen molar-refractivity contribution in [3.05, 3.63) is 95.1 Å². The fourth-order valence-corrected chi connectivity index (χ4v) is 2.64. The summed E-state index contributed by atoms with van der Waals surface area (Å²) in [4.78, 5) is 23.5. The Morgan fingerprint density at radius 1 is 0.839 bits per heavy atom. The predicted molar refractivity (Wildman–Crippen MR) is 117 cm³/mol. The van der Waals surface area contributed by atoms with Crippen LogP contribution in [0.3, 0.4) is 0 Å². The van der Waals surface area contributed by atoms with Crippen molar-refractivity contribution in [1.29, 1.82) is 0 Å². The van der Waals surface area contributed by atoms with Gasteiger partial charge in [-0.05, 0) is 71.8 Å². The Morgan fingerprint density at radius 3 is 2.06 bits per heavy atom. The van der Waals surface area contributed by atoms with E-state index in [0.717, 1.165) is 11.1 Å². The summed E-state index contributed by atoms with van der Waals surface area (Å²) in [5.41, 5.74) is 5.21. The standard InChI is InChI=1S/C24H22N2O5/c1-29-21-13-9-19(10-14-21)23(27)26-25-15-17-5-11-22(12-6-17)31-16-18-3-7-20(8-4-18)24(28)30-2/h3-15H,16H2,1-2H3,(H,26,27)/b25-15-. The summed E-state index contributed by atoms with van der Waals surface area (Å²) in [5.74, 6) is 0.694. The number of rotatable bonds is 8. The van der Waals surface area contributed by atoms with Crippen LogP contribution in [0.5, 0.6) is 11.5 Å². The lowest BCUT2D eigenvalue weighted by atomic mass is 10.1. The van der Waals surface area contributed by atoms with Gasteiger partial charge in [0.05, 0.1) is 26.0 Å². The first-order valence-electron chi connectivity index (χ1n) is 9.46. The molecular weight excluding hydrogens is 396 g/mol. The number of hydrazone groups is 1. The molecule has 0 aliphatic heterocycles. The third-order valence-corrected chi connectivity index (χ3v) is 4.39. The molecule has 1 amide bonds. The van der Waals surface area contributed by atoms with Crippen molar-refractivity contribution < 1.29 is 23.8 Å². The number of carbonyl (C=O) groups is 2. The van der Waals surface area contributed by atoms with E-state index in [2.05, 4.69) is 15.3 Å². The Kier molecular flexibility index (Phi) is 7.37. The minimum atomic E-state index is -0.370. The first-order chi connectivity index (χ1) is 15.1. The van der Waals surface area contributed by atoms with Gasteiger partial charge in [0.1, 0.15) is 18.1 Å². The molecule has 31 heavy (non-hydrogen) atoms. The van der Waals surface area contributed by atoms with Crippen molar-refractivity contribution >= 4 is 18.1 Å². The van der Waals surface area contributed by atoms with Crippen molar-refractivity contribution in [2.24, 2.45) is 5.10 Å². The van der Waals surface area contributed by atoms with Crippen LogP contribution in [0, 0.1) is 0 Å². The first-order valence-corrected chi connectivity index (χ1v) is 9.46. The Bertz CT molecular complexity index is 1040. The zero-order valence-corrected chi connectivity index (χ0v) is 17.2. The fraction of sp³-hybridized carbons (Fsp3) is 0.125. The van der Waals surface area contributed by atoms with E-state index in [1.54, 1.807) is 49.7 Å². The van der Waals surface area contributed by atoms with Crippen LogP contribution < -0.4 is 14.9 Å². The van der Waals surface area contributed by atoms with E-state index < -0.39 is 0 Å². The minimum absolute atomic E-state index is 0.308. The van der Waals surface area contributed by atoms with Gasteiger partial charge in [0.25, 0.3) is 5.91 Å². The topological polar surface area (TPSA) is 86.2 Å². The molecule has 158 valence electrons. The number of ether oxygens (including phenoxy) is 3. The van der Waals surface area contributed by atoms with Gasteiger partial charge in [-0.25, -0.2) is 10.2 Å². The zero-order valence-electron chi connectivity index (χ0n) is 17.2. The minimum Gasteiger partial charge on any atom is -0.497 e. The van der Waals surface area contributed by atoms with Crippen molar-refractivity contribution in [1.82, 2.24) is 5.43 Å². The van der Waals surface area contributed by atoms with Gasteiger partial charge in [-0.3, -0.25) is 4.79 Å². The van der Waals surface area contributed by atoms with Crippen molar-refractivity contribution in [2.75, 3.05) is 14.2 Å². The number of benzene rings is 3. The highest BCUT2D eigenvalue weighted by molar-refractivity contribution is 5.95. The number of hydrogen-bond acceptors (Lipinski definition) is 6. The number of methoxy groups -OCH3 is 2. The van der Waals surface area contributed by atoms with E-state index in [4.69, 9.17) is 9.47 Å². The summed E-state index contributed by atoms with van der Waals surface area (Å²) < 4.78 is 15.5. The summed E-state index contributed by atoms with van der Waals surface area (Å²) >= 11 is 0. The Morgan fingerprint density at radius 2 is 1.45 bits per heavy atom. The highest BCUT2D eigenvalue weighted by atomic mass is 16.5. The van der Waals surface area contributed by atoms with E-state index in [9.17, 15) is 9.59 Å². The van der Waals surface area contributed by atoms with E-state index in [1.807, 2.05) is 36.4 Å². The molecule has 0 fully saturated rings. The van der Waals surface area contributed by atoms with Gasteiger partial charge in [-0.1, -0.05) is 12.1 Å². The third kappa shape index (κ3) is 6.17. The molecule has 0 spiro atoms. The average molecular weight is 418 g/mol. The maximum absolute atomic E-state index is 12.1. The molecule has 0 aromatic heterocycles. The first kappa shape index (κ1) is 21.6. The van der Waals surface area contributed by atoms with Gasteiger partial charge < -0.3 is 14.2 Å². The molecule has 3 aromatic rings. The van der Waals surface area contributed by atoms with Crippen LogP contribution in [0.2, 0.25) is 0 Å². The number of carbonyl (C=O) groups excluding carboxylic acids is 2. The van der Waals surface area contributed by atoms with Crippen LogP contribution in [0.1, 0.15) is 31.8 Å². The Hall–Kier alpha value is -4.13. The average Bonchev–Trinajstić information content (AvgIpc) is 2.83. The second kappa shape index (κ2) is 10.6. The van der Waals surface area contributed by atoms with Gasteiger partial charge in [0, 0.05) is 5.56 Å². The van der Waals surface area contributed by atoms with E-state index in [1.165, 1.54) is 7.11 Å². The molecule has 0 unspecified atom stereocenters. The largest absolute Gasteiger partial charge is 0.497 e. The number of esters is 1. The van der Waals surface area contributed by atoms with Crippen LogP contribution in [0.25, 0.3) is 0 Å². The molecule has 0 radical (unpaired) electrons. The quantitative estimate of drug-likeness (QED) is 0.341. The summed E-state index contributed by atoms with van der Waals surface area (Å²) in [6.07, 6.45) is 1.55. The van der Waals surface area contributed by atoms with Crippen LogP contribution in [-0.4, -0.2) is 32.3 Å². The van der Waals surface area contributed by atoms with Crippen LogP contribution in [-0.2, 0) is 11.3 Å². The number of nitrogens with zero attached hydrogens (tertiary/aromatic N) is 1. The Balaban J connectivity index is 1.49. The normalized spacial score (nSPS) is 10.5. The summed E-state index contributed by atoms with van der Waals surface area (Å²) in [5, 5.41) is 3.98. The van der Waals surface area contributed by atoms with Crippen molar-refractivity contribution in [3.63, 3.8) is 0 Å². The van der Waals surface area contributed by atoms with Crippen LogP contribution >= 0.6 is 0 Å². The van der Waals surface area contributed by atoms with E-state index in [0.29, 0.717) is 29.2 Å². The summed E-state index contributed by atoms with van der Waals surface area (Å²) in [6.45, 7) is 0.368. The molecule has 0 aliphatic carbocycles. The molecule has 3 rings (SSSR count). The molecule has 0 saturated heterocycles. The van der Waals surface area contributed by atoms with Crippen LogP contribution in [0.15, 0.2) is 77.9 Å². The fourth-order valence-electron chi connectivity index (χ4n) is 2.64. The lowest BCUT2D eigenvalue weighted by Crippen LogP contribution is -2.17. The molecular formula is C24H22N2O5. The van der Waals surface area contributed by atoms with Crippen molar-refractivity contribution in [3.8, 4) is 11.5 Å². The van der Waals surface area contributed by atoms with Crippen LogP contribution in [0.4, 0.5) is 0 Å².